The molecule has 0 amide bonds. The zero-order valence-corrected chi connectivity index (χ0v) is 8.98. The van der Waals surface area contributed by atoms with E-state index in [4.69, 9.17) is 5.73 Å². The summed E-state index contributed by atoms with van der Waals surface area (Å²) in [4.78, 5) is 0.341. The molecular formula is C10H11F2NOS. The molecule has 0 radical (unpaired) electrons. The normalized spacial score (nSPS) is 29.2. The van der Waals surface area contributed by atoms with Gasteiger partial charge in [-0.15, -0.1) is 0 Å². The topological polar surface area (TPSA) is 43.1 Å². The van der Waals surface area contributed by atoms with Gasteiger partial charge in [0.25, 0.3) is 0 Å². The second kappa shape index (κ2) is 3.64. The standard InChI is InChI=1S/C10H11F2NOS/c1-2-8-10(13)5-3-6(11)7(12)4-9(5)15(8)14/h3-4,8,10H,2,13H2,1H3. The Morgan fingerprint density at radius 2 is 2.00 bits per heavy atom. The smallest absolute Gasteiger partial charge is 0.160 e. The summed E-state index contributed by atoms with van der Waals surface area (Å²) in [6, 6.07) is 1.60. The molecule has 1 aromatic carbocycles. The molecule has 0 saturated heterocycles. The summed E-state index contributed by atoms with van der Waals surface area (Å²) in [5.41, 5.74) is 6.30. The number of benzene rings is 1. The summed E-state index contributed by atoms with van der Waals surface area (Å²) in [6.07, 6.45) is 0.631. The van der Waals surface area contributed by atoms with Crippen LogP contribution in [0.15, 0.2) is 17.0 Å². The molecule has 1 heterocycles. The number of fused-ring (bicyclic) bond motifs is 1. The van der Waals surface area contributed by atoms with Crippen molar-refractivity contribution in [2.45, 2.75) is 29.5 Å². The van der Waals surface area contributed by atoms with Crippen LogP contribution in [0.2, 0.25) is 0 Å². The van der Waals surface area contributed by atoms with E-state index in [1.54, 1.807) is 0 Å². The molecule has 0 bridgehead atoms. The third-order valence-corrected chi connectivity index (χ3v) is 4.67. The fourth-order valence-electron chi connectivity index (χ4n) is 1.88. The van der Waals surface area contributed by atoms with Crippen molar-refractivity contribution < 1.29 is 13.0 Å². The lowest BCUT2D eigenvalue weighted by atomic mass is 10.0. The molecule has 0 fully saturated rings. The van der Waals surface area contributed by atoms with Crippen LogP contribution < -0.4 is 5.73 Å². The van der Waals surface area contributed by atoms with Gasteiger partial charge in [0.15, 0.2) is 11.6 Å². The molecule has 3 unspecified atom stereocenters. The minimum absolute atomic E-state index is 0.235. The van der Waals surface area contributed by atoms with Crippen molar-refractivity contribution >= 4 is 10.8 Å². The van der Waals surface area contributed by atoms with Crippen LogP contribution in [0.3, 0.4) is 0 Å². The third kappa shape index (κ3) is 1.50. The molecule has 3 atom stereocenters. The minimum Gasteiger partial charge on any atom is -0.323 e. The molecule has 1 aliphatic heterocycles. The molecule has 5 heteroatoms. The Morgan fingerprint density at radius 3 is 2.60 bits per heavy atom. The minimum atomic E-state index is -1.32. The lowest BCUT2D eigenvalue weighted by Crippen LogP contribution is -2.22. The first-order valence-corrected chi connectivity index (χ1v) is 5.92. The van der Waals surface area contributed by atoms with E-state index < -0.39 is 28.5 Å². The Labute approximate surface area is 88.9 Å². The quantitative estimate of drug-likeness (QED) is 0.801. The van der Waals surface area contributed by atoms with Gasteiger partial charge in [-0.05, 0) is 24.1 Å². The fourth-order valence-corrected chi connectivity index (χ4v) is 3.57. The second-order valence-corrected chi connectivity index (χ2v) is 5.21. The number of rotatable bonds is 1. The Balaban J connectivity index is 2.57. The molecule has 0 aliphatic carbocycles. The highest BCUT2D eigenvalue weighted by molar-refractivity contribution is 7.86. The van der Waals surface area contributed by atoms with Gasteiger partial charge in [0.2, 0.25) is 0 Å². The maximum Gasteiger partial charge on any atom is 0.160 e. The van der Waals surface area contributed by atoms with E-state index in [0.717, 1.165) is 12.1 Å². The molecule has 1 aromatic rings. The molecule has 2 nitrogen and oxygen atoms in total. The Bertz CT molecular complexity index is 436. The van der Waals surface area contributed by atoms with Crippen molar-refractivity contribution in [3.8, 4) is 0 Å². The maximum atomic E-state index is 13.0. The van der Waals surface area contributed by atoms with Crippen molar-refractivity contribution in [2.24, 2.45) is 5.73 Å². The van der Waals surface area contributed by atoms with Crippen LogP contribution in [-0.4, -0.2) is 9.46 Å². The SMILES string of the molecule is CCC1C(N)c2cc(F)c(F)cc2S1=O. The van der Waals surface area contributed by atoms with E-state index in [2.05, 4.69) is 0 Å². The van der Waals surface area contributed by atoms with Gasteiger partial charge >= 0.3 is 0 Å². The highest BCUT2D eigenvalue weighted by Crippen LogP contribution is 2.37. The summed E-state index contributed by atoms with van der Waals surface area (Å²) in [5.74, 6) is -1.90. The number of nitrogens with two attached hydrogens (primary N) is 1. The van der Waals surface area contributed by atoms with Gasteiger partial charge in [0.05, 0.1) is 16.0 Å². The van der Waals surface area contributed by atoms with Crippen LogP contribution in [0.1, 0.15) is 24.9 Å². The predicted molar refractivity (Wildman–Crippen MR) is 53.8 cm³/mol. The summed E-state index contributed by atoms with van der Waals surface area (Å²) < 4.78 is 37.8. The molecule has 1 aliphatic rings. The highest BCUT2D eigenvalue weighted by Gasteiger charge is 2.36. The average molecular weight is 231 g/mol. The van der Waals surface area contributed by atoms with Crippen molar-refractivity contribution in [3.63, 3.8) is 0 Å². The van der Waals surface area contributed by atoms with E-state index in [-0.39, 0.29) is 5.25 Å². The summed E-state index contributed by atoms with van der Waals surface area (Å²) in [7, 11) is -1.32. The first-order chi connectivity index (χ1) is 7.06. The summed E-state index contributed by atoms with van der Waals surface area (Å²) in [5, 5.41) is -0.235. The van der Waals surface area contributed by atoms with Crippen LogP contribution in [0, 0.1) is 11.6 Å². The van der Waals surface area contributed by atoms with Gasteiger partial charge < -0.3 is 5.73 Å². The highest BCUT2D eigenvalue weighted by atomic mass is 32.2. The zero-order valence-electron chi connectivity index (χ0n) is 8.17. The third-order valence-electron chi connectivity index (χ3n) is 2.71. The number of hydrogen-bond donors (Lipinski definition) is 1. The molecule has 2 rings (SSSR count). The van der Waals surface area contributed by atoms with Gasteiger partial charge in [0, 0.05) is 10.9 Å². The predicted octanol–water partition coefficient (Wildman–Crippen LogP) is 1.86. The first kappa shape index (κ1) is 10.7. The van der Waals surface area contributed by atoms with Gasteiger partial charge in [-0.3, -0.25) is 4.21 Å². The van der Waals surface area contributed by atoms with Crippen molar-refractivity contribution in [2.75, 3.05) is 0 Å². The van der Waals surface area contributed by atoms with Crippen LogP contribution in [0.4, 0.5) is 8.78 Å². The van der Waals surface area contributed by atoms with E-state index >= 15 is 0 Å². The van der Waals surface area contributed by atoms with Crippen molar-refractivity contribution in [1.29, 1.82) is 0 Å². The Kier molecular flexibility index (Phi) is 2.60. The lowest BCUT2D eigenvalue weighted by Gasteiger charge is -2.11. The van der Waals surface area contributed by atoms with Crippen molar-refractivity contribution in [3.05, 3.63) is 29.3 Å². The lowest BCUT2D eigenvalue weighted by molar-refractivity contribution is 0.502. The molecular weight excluding hydrogens is 220 g/mol. The van der Waals surface area contributed by atoms with Crippen LogP contribution in [-0.2, 0) is 10.8 Å². The zero-order chi connectivity index (χ0) is 11.2. The maximum absolute atomic E-state index is 13.0. The molecule has 2 N–H and O–H groups in total. The number of hydrogen-bond acceptors (Lipinski definition) is 2. The summed E-state index contributed by atoms with van der Waals surface area (Å²) >= 11 is 0. The van der Waals surface area contributed by atoms with Gasteiger partial charge in [-0.2, -0.15) is 0 Å². The van der Waals surface area contributed by atoms with E-state index in [0.29, 0.717) is 16.9 Å². The van der Waals surface area contributed by atoms with E-state index in [9.17, 15) is 13.0 Å². The second-order valence-electron chi connectivity index (χ2n) is 3.57. The molecule has 0 aromatic heterocycles. The Morgan fingerprint density at radius 1 is 1.40 bits per heavy atom. The first-order valence-electron chi connectivity index (χ1n) is 4.71. The fraction of sp³-hybridized carbons (Fsp3) is 0.400. The van der Waals surface area contributed by atoms with Crippen LogP contribution >= 0.6 is 0 Å². The van der Waals surface area contributed by atoms with E-state index in [1.165, 1.54) is 0 Å². The number of halogens is 2. The molecule has 82 valence electrons. The van der Waals surface area contributed by atoms with Gasteiger partial charge in [-0.25, -0.2) is 8.78 Å². The largest absolute Gasteiger partial charge is 0.323 e. The van der Waals surface area contributed by atoms with Crippen molar-refractivity contribution in [1.82, 2.24) is 0 Å². The monoisotopic (exact) mass is 231 g/mol. The van der Waals surface area contributed by atoms with Crippen LogP contribution in [0.5, 0.6) is 0 Å². The van der Waals surface area contributed by atoms with Crippen LogP contribution in [0.25, 0.3) is 0 Å². The summed E-state index contributed by atoms with van der Waals surface area (Å²) in [6.45, 7) is 1.86. The molecule has 0 saturated carbocycles. The molecule has 0 spiro atoms. The van der Waals surface area contributed by atoms with Gasteiger partial charge in [-0.1, -0.05) is 6.92 Å². The Hall–Kier alpha value is -0.810. The average Bonchev–Trinajstić information content (AvgIpc) is 2.42. The van der Waals surface area contributed by atoms with E-state index in [1.807, 2.05) is 6.92 Å². The van der Waals surface area contributed by atoms with Gasteiger partial charge in [0.1, 0.15) is 0 Å². The molecule has 15 heavy (non-hydrogen) atoms.